The van der Waals surface area contributed by atoms with Crippen LogP contribution in [0.1, 0.15) is 17.2 Å². The van der Waals surface area contributed by atoms with E-state index in [1.807, 2.05) is 25.1 Å². The molecule has 5 heteroatoms. The van der Waals surface area contributed by atoms with Crippen LogP contribution in [0.25, 0.3) is 0 Å². The number of ether oxygens (including phenoxy) is 1. The van der Waals surface area contributed by atoms with Gasteiger partial charge in [0.2, 0.25) is 0 Å². The third-order valence-electron chi connectivity index (χ3n) is 3.32. The Hall–Kier alpha value is -0.910. The maximum atomic E-state index is 11.3. The van der Waals surface area contributed by atoms with Gasteiger partial charge in [-0.25, -0.2) is 0 Å². The van der Waals surface area contributed by atoms with Crippen LogP contribution < -0.4 is 5.73 Å². The average molecular weight is 300 g/mol. The Morgan fingerprint density at radius 2 is 2.24 bits per heavy atom. The van der Waals surface area contributed by atoms with Gasteiger partial charge in [0.15, 0.2) is 0 Å². The second kappa shape index (κ2) is 4.40. The van der Waals surface area contributed by atoms with Crippen LogP contribution >= 0.6 is 15.9 Å². The van der Waals surface area contributed by atoms with Gasteiger partial charge in [-0.15, -0.1) is 0 Å². The normalized spacial score (nSPS) is 19.5. The molecule has 17 heavy (non-hydrogen) atoms. The molecule has 1 saturated heterocycles. The molecule has 1 aromatic carbocycles. The summed E-state index contributed by atoms with van der Waals surface area (Å²) >= 11 is 3.37. The molecule has 1 aliphatic heterocycles. The average Bonchev–Trinajstić information content (AvgIpc) is 2.19. The molecule has 1 unspecified atom stereocenters. The predicted octanol–water partition coefficient (Wildman–Crippen LogP) is 1.86. The van der Waals surface area contributed by atoms with Crippen LogP contribution in [-0.2, 0) is 9.53 Å². The van der Waals surface area contributed by atoms with E-state index in [2.05, 4.69) is 15.9 Å². The zero-order valence-electron chi connectivity index (χ0n) is 9.44. The van der Waals surface area contributed by atoms with Crippen LogP contribution in [0.15, 0.2) is 22.7 Å². The quantitative estimate of drug-likeness (QED) is 0.893. The largest absolute Gasteiger partial charge is 0.481 e. The van der Waals surface area contributed by atoms with Crippen LogP contribution in [0, 0.1) is 12.3 Å². The third kappa shape index (κ3) is 1.99. The van der Waals surface area contributed by atoms with Crippen molar-refractivity contribution in [3.8, 4) is 0 Å². The lowest BCUT2D eigenvalue weighted by molar-refractivity contribution is -0.184. The fourth-order valence-corrected chi connectivity index (χ4v) is 2.38. The molecule has 0 saturated carbocycles. The molecule has 0 aromatic heterocycles. The second-order valence-corrected chi connectivity index (χ2v) is 5.35. The molecule has 1 fully saturated rings. The summed E-state index contributed by atoms with van der Waals surface area (Å²) < 4.78 is 5.94. The standard InChI is InChI=1S/C12H14BrNO3/c1-7-2-3-8(13)4-9(7)10(14)12(11(15)16)5-17-6-12/h2-4,10H,5-6,14H2,1H3,(H,15,16). The van der Waals surface area contributed by atoms with Gasteiger partial charge >= 0.3 is 5.97 Å². The highest BCUT2D eigenvalue weighted by atomic mass is 79.9. The number of rotatable bonds is 3. The van der Waals surface area contributed by atoms with E-state index in [4.69, 9.17) is 10.5 Å². The number of hydrogen-bond donors (Lipinski definition) is 2. The Kier molecular flexibility index (Phi) is 3.25. The number of aryl methyl sites for hydroxylation is 1. The van der Waals surface area contributed by atoms with Crippen molar-refractivity contribution in [2.45, 2.75) is 13.0 Å². The van der Waals surface area contributed by atoms with Crippen molar-refractivity contribution < 1.29 is 14.6 Å². The van der Waals surface area contributed by atoms with Crippen molar-refractivity contribution in [1.29, 1.82) is 0 Å². The molecule has 1 aliphatic rings. The molecule has 0 bridgehead atoms. The minimum absolute atomic E-state index is 0.176. The number of halogens is 1. The highest BCUT2D eigenvalue weighted by Crippen LogP contribution is 2.40. The molecule has 1 atom stereocenters. The minimum atomic E-state index is -0.981. The van der Waals surface area contributed by atoms with Crippen LogP contribution in [-0.4, -0.2) is 24.3 Å². The van der Waals surface area contributed by atoms with E-state index < -0.39 is 17.4 Å². The molecule has 0 aliphatic carbocycles. The molecule has 3 N–H and O–H groups in total. The second-order valence-electron chi connectivity index (χ2n) is 4.43. The first-order valence-corrected chi connectivity index (χ1v) is 6.09. The molecular formula is C12H14BrNO3. The van der Waals surface area contributed by atoms with Gasteiger partial charge in [0, 0.05) is 4.47 Å². The summed E-state index contributed by atoms with van der Waals surface area (Å²) in [7, 11) is 0. The van der Waals surface area contributed by atoms with Gasteiger partial charge in [-0.2, -0.15) is 0 Å². The highest BCUT2D eigenvalue weighted by molar-refractivity contribution is 9.10. The van der Waals surface area contributed by atoms with E-state index in [1.165, 1.54) is 0 Å². The summed E-state index contributed by atoms with van der Waals surface area (Å²) in [4.78, 5) is 11.3. The number of nitrogens with two attached hydrogens (primary N) is 1. The van der Waals surface area contributed by atoms with E-state index in [1.54, 1.807) is 0 Å². The Morgan fingerprint density at radius 3 is 2.71 bits per heavy atom. The van der Waals surface area contributed by atoms with Crippen molar-refractivity contribution in [2.75, 3.05) is 13.2 Å². The van der Waals surface area contributed by atoms with Gasteiger partial charge in [0.05, 0.1) is 19.3 Å². The van der Waals surface area contributed by atoms with E-state index in [0.29, 0.717) is 0 Å². The Balaban J connectivity index is 2.39. The molecule has 92 valence electrons. The first-order valence-electron chi connectivity index (χ1n) is 5.30. The van der Waals surface area contributed by atoms with Crippen LogP contribution in [0.2, 0.25) is 0 Å². The molecule has 2 rings (SSSR count). The first kappa shape index (κ1) is 12.5. The molecule has 0 radical (unpaired) electrons. The zero-order chi connectivity index (χ0) is 12.6. The molecular weight excluding hydrogens is 286 g/mol. The number of carboxylic acids is 1. The van der Waals surface area contributed by atoms with Gasteiger partial charge < -0.3 is 15.6 Å². The molecule has 1 heterocycles. The minimum Gasteiger partial charge on any atom is -0.481 e. The molecule has 1 aromatic rings. The number of aliphatic carboxylic acids is 1. The Bertz CT molecular complexity index is 457. The van der Waals surface area contributed by atoms with E-state index in [0.717, 1.165) is 15.6 Å². The lowest BCUT2D eigenvalue weighted by atomic mass is 9.75. The van der Waals surface area contributed by atoms with Crippen molar-refractivity contribution in [3.05, 3.63) is 33.8 Å². The van der Waals surface area contributed by atoms with Crippen molar-refractivity contribution in [2.24, 2.45) is 11.1 Å². The maximum Gasteiger partial charge on any atom is 0.316 e. The van der Waals surface area contributed by atoms with Gasteiger partial charge in [-0.3, -0.25) is 4.79 Å². The Morgan fingerprint density at radius 1 is 1.59 bits per heavy atom. The topological polar surface area (TPSA) is 72.6 Å². The lowest BCUT2D eigenvalue weighted by Gasteiger charge is -2.42. The Labute approximate surface area is 108 Å². The van der Waals surface area contributed by atoms with Gasteiger partial charge in [-0.05, 0) is 30.2 Å². The molecule has 0 amide bonds. The fourth-order valence-electron chi connectivity index (χ4n) is 2.00. The predicted molar refractivity (Wildman–Crippen MR) is 66.7 cm³/mol. The number of carboxylic acid groups (broad SMARTS) is 1. The summed E-state index contributed by atoms with van der Waals surface area (Å²) in [5.74, 6) is -0.893. The number of benzene rings is 1. The summed E-state index contributed by atoms with van der Waals surface area (Å²) in [6, 6.07) is 5.17. The van der Waals surface area contributed by atoms with E-state index in [9.17, 15) is 9.90 Å². The third-order valence-corrected chi connectivity index (χ3v) is 3.81. The zero-order valence-corrected chi connectivity index (χ0v) is 11.0. The lowest BCUT2D eigenvalue weighted by Crippen LogP contribution is -2.55. The summed E-state index contributed by atoms with van der Waals surface area (Å²) in [6.07, 6.45) is 0. The van der Waals surface area contributed by atoms with E-state index in [-0.39, 0.29) is 13.2 Å². The van der Waals surface area contributed by atoms with Crippen molar-refractivity contribution in [1.82, 2.24) is 0 Å². The van der Waals surface area contributed by atoms with Crippen LogP contribution in [0.5, 0.6) is 0 Å². The van der Waals surface area contributed by atoms with Gasteiger partial charge in [-0.1, -0.05) is 22.0 Å². The van der Waals surface area contributed by atoms with Gasteiger partial charge in [0.1, 0.15) is 5.41 Å². The smallest absolute Gasteiger partial charge is 0.316 e. The monoisotopic (exact) mass is 299 g/mol. The van der Waals surface area contributed by atoms with E-state index >= 15 is 0 Å². The van der Waals surface area contributed by atoms with Crippen molar-refractivity contribution in [3.63, 3.8) is 0 Å². The summed E-state index contributed by atoms with van der Waals surface area (Å²) in [6.45, 7) is 2.28. The van der Waals surface area contributed by atoms with Crippen molar-refractivity contribution >= 4 is 21.9 Å². The molecule has 4 nitrogen and oxygen atoms in total. The summed E-state index contributed by atoms with van der Waals surface area (Å²) in [5, 5.41) is 9.30. The SMILES string of the molecule is Cc1ccc(Br)cc1C(N)C1(C(=O)O)COC1. The number of carbonyl (C=O) groups is 1. The maximum absolute atomic E-state index is 11.3. The first-order chi connectivity index (χ1) is 7.97. The molecule has 0 spiro atoms. The fraction of sp³-hybridized carbons (Fsp3) is 0.417. The summed E-state index contributed by atoms with van der Waals surface area (Å²) in [5.41, 5.74) is 6.99. The number of hydrogen-bond acceptors (Lipinski definition) is 3. The van der Waals surface area contributed by atoms with Crippen LogP contribution in [0.4, 0.5) is 0 Å². The van der Waals surface area contributed by atoms with Gasteiger partial charge in [0.25, 0.3) is 0 Å². The highest BCUT2D eigenvalue weighted by Gasteiger charge is 2.52. The van der Waals surface area contributed by atoms with Crippen LogP contribution in [0.3, 0.4) is 0 Å².